The van der Waals surface area contributed by atoms with E-state index in [9.17, 15) is 4.79 Å². The van der Waals surface area contributed by atoms with Crippen LogP contribution >= 0.6 is 0 Å². The van der Waals surface area contributed by atoms with Gasteiger partial charge in [-0.15, -0.1) is 0 Å². The highest BCUT2D eigenvalue weighted by atomic mass is 16.2. The molecule has 0 aromatic heterocycles. The van der Waals surface area contributed by atoms with Crippen LogP contribution in [0.2, 0.25) is 0 Å². The van der Waals surface area contributed by atoms with Gasteiger partial charge in [-0.3, -0.25) is 9.69 Å². The Balaban J connectivity index is 1.43. The zero-order chi connectivity index (χ0) is 18.1. The van der Waals surface area contributed by atoms with Crippen molar-refractivity contribution in [2.24, 2.45) is 5.73 Å². The van der Waals surface area contributed by atoms with Crippen molar-refractivity contribution >= 4 is 5.91 Å². The van der Waals surface area contributed by atoms with Crippen LogP contribution < -0.4 is 5.73 Å². The van der Waals surface area contributed by atoms with Crippen molar-refractivity contribution in [2.75, 3.05) is 19.6 Å². The van der Waals surface area contributed by atoms with Crippen LogP contribution in [0, 0.1) is 0 Å². The largest absolute Gasteiger partial charge is 0.339 e. The summed E-state index contributed by atoms with van der Waals surface area (Å²) in [6, 6.07) is 18.8. The Hall–Kier alpha value is -2.17. The smallest absolute Gasteiger partial charge is 0.239 e. The summed E-state index contributed by atoms with van der Waals surface area (Å²) in [5, 5.41) is 0. The lowest BCUT2D eigenvalue weighted by Crippen LogP contribution is -2.48. The van der Waals surface area contributed by atoms with Crippen molar-refractivity contribution in [2.45, 2.75) is 37.9 Å². The molecule has 1 unspecified atom stereocenters. The summed E-state index contributed by atoms with van der Waals surface area (Å²) >= 11 is 0. The van der Waals surface area contributed by atoms with Crippen molar-refractivity contribution < 1.29 is 4.79 Å². The van der Waals surface area contributed by atoms with E-state index in [-0.39, 0.29) is 23.9 Å². The van der Waals surface area contributed by atoms with E-state index >= 15 is 0 Å². The predicted octanol–water partition coefficient (Wildman–Crippen LogP) is 2.39. The van der Waals surface area contributed by atoms with E-state index in [1.54, 1.807) is 0 Å². The van der Waals surface area contributed by atoms with Crippen LogP contribution in [0.25, 0.3) is 0 Å². The molecule has 2 aliphatic heterocycles. The highest BCUT2D eigenvalue weighted by molar-refractivity contribution is 5.82. The average Bonchev–Trinajstić information content (AvgIpc) is 3.09. The molecule has 4 rings (SSSR count). The summed E-state index contributed by atoms with van der Waals surface area (Å²) in [4.78, 5) is 17.4. The van der Waals surface area contributed by atoms with Crippen molar-refractivity contribution in [1.29, 1.82) is 0 Å². The second kappa shape index (κ2) is 7.22. The minimum absolute atomic E-state index is 0.00984. The summed E-state index contributed by atoms with van der Waals surface area (Å²) in [6.45, 7) is 5.20. The van der Waals surface area contributed by atoms with E-state index in [1.165, 1.54) is 16.7 Å². The van der Waals surface area contributed by atoms with E-state index < -0.39 is 0 Å². The number of carbonyl (C=O) groups is 1. The number of benzene rings is 2. The number of nitrogens with two attached hydrogens (primary N) is 1. The van der Waals surface area contributed by atoms with E-state index in [0.29, 0.717) is 6.54 Å². The first-order valence-corrected chi connectivity index (χ1v) is 9.53. The normalized spacial score (nSPS) is 24.3. The topological polar surface area (TPSA) is 49.6 Å². The van der Waals surface area contributed by atoms with E-state index in [1.807, 2.05) is 30.0 Å². The second-order valence-corrected chi connectivity index (χ2v) is 7.59. The lowest BCUT2D eigenvalue weighted by atomic mass is 9.95. The third-order valence-electron chi connectivity index (χ3n) is 5.97. The van der Waals surface area contributed by atoms with Gasteiger partial charge in [-0.2, -0.15) is 0 Å². The second-order valence-electron chi connectivity index (χ2n) is 7.59. The summed E-state index contributed by atoms with van der Waals surface area (Å²) in [5.41, 5.74) is 10.4. The number of carbonyl (C=O) groups excluding carboxylic acids is 1. The van der Waals surface area contributed by atoms with Crippen LogP contribution in [0.3, 0.4) is 0 Å². The third kappa shape index (κ3) is 3.27. The Labute approximate surface area is 155 Å². The van der Waals surface area contributed by atoms with E-state index in [0.717, 1.165) is 26.1 Å². The molecule has 0 bridgehead atoms. The fourth-order valence-electron chi connectivity index (χ4n) is 4.33. The molecule has 2 aliphatic rings. The summed E-state index contributed by atoms with van der Waals surface area (Å²) in [7, 11) is 0. The molecular weight excluding hydrogens is 322 g/mol. The number of fused-ring (bicyclic) bond motifs is 1. The monoisotopic (exact) mass is 349 g/mol. The lowest BCUT2D eigenvalue weighted by Gasteiger charge is -2.34. The van der Waals surface area contributed by atoms with Gasteiger partial charge in [0, 0.05) is 38.1 Å². The molecule has 1 fully saturated rings. The quantitative estimate of drug-likeness (QED) is 0.926. The molecule has 0 aliphatic carbocycles. The average molecular weight is 349 g/mol. The van der Waals surface area contributed by atoms with Crippen LogP contribution in [0.4, 0.5) is 0 Å². The number of rotatable bonds is 3. The highest BCUT2D eigenvalue weighted by Crippen LogP contribution is 2.28. The molecule has 0 spiro atoms. The van der Waals surface area contributed by atoms with E-state index in [4.69, 9.17) is 5.73 Å². The Morgan fingerprint density at radius 1 is 1.04 bits per heavy atom. The molecule has 2 aromatic carbocycles. The molecule has 136 valence electrons. The Bertz CT molecular complexity index is 772. The van der Waals surface area contributed by atoms with Crippen molar-refractivity contribution in [3.8, 4) is 0 Å². The summed E-state index contributed by atoms with van der Waals surface area (Å²) < 4.78 is 0. The van der Waals surface area contributed by atoms with Crippen molar-refractivity contribution in [3.63, 3.8) is 0 Å². The number of nitrogens with zero attached hydrogens (tertiary/aromatic N) is 2. The van der Waals surface area contributed by atoms with Crippen LogP contribution in [-0.4, -0.2) is 47.4 Å². The molecule has 3 atom stereocenters. The fraction of sp³-hybridized carbons (Fsp3) is 0.409. The van der Waals surface area contributed by atoms with Crippen molar-refractivity contribution in [1.82, 2.24) is 9.80 Å². The van der Waals surface area contributed by atoms with Crippen LogP contribution in [0.1, 0.15) is 29.5 Å². The summed E-state index contributed by atoms with van der Waals surface area (Å²) in [6.07, 6.45) is 1.01. The molecule has 4 heteroatoms. The lowest BCUT2D eigenvalue weighted by molar-refractivity contribution is -0.135. The van der Waals surface area contributed by atoms with Gasteiger partial charge in [0.05, 0.1) is 6.04 Å². The molecule has 1 saturated heterocycles. The Morgan fingerprint density at radius 3 is 2.50 bits per heavy atom. The van der Waals surface area contributed by atoms with Gasteiger partial charge < -0.3 is 10.6 Å². The minimum Gasteiger partial charge on any atom is -0.339 e. The van der Waals surface area contributed by atoms with E-state index in [2.05, 4.69) is 41.3 Å². The first kappa shape index (κ1) is 17.3. The van der Waals surface area contributed by atoms with Gasteiger partial charge in [0.1, 0.15) is 0 Å². The van der Waals surface area contributed by atoms with Crippen molar-refractivity contribution in [3.05, 3.63) is 71.3 Å². The van der Waals surface area contributed by atoms with Gasteiger partial charge in [-0.25, -0.2) is 0 Å². The van der Waals surface area contributed by atoms with Gasteiger partial charge in [-0.1, -0.05) is 54.6 Å². The molecule has 0 saturated carbocycles. The molecular formula is C22H27N3O. The van der Waals surface area contributed by atoms with Crippen LogP contribution in [0.15, 0.2) is 54.6 Å². The van der Waals surface area contributed by atoms with Crippen LogP contribution in [-0.2, 0) is 17.8 Å². The van der Waals surface area contributed by atoms with Gasteiger partial charge in [-0.05, 0) is 30.0 Å². The SMILES string of the molecule is CC(C(=O)N1C[C@@H](N)[C@H](c2ccccc2)C1)N1CCc2ccccc2C1. The number of hydrogen-bond donors (Lipinski definition) is 1. The maximum absolute atomic E-state index is 13.1. The number of hydrogen-bond acceptors (Lipinski definition) is 3. The first-order valence-electron chi connectivity index (χ1n) is 9.53. The standard InChI is InChI=1S/C22H27N3O/c1-16(24-12-11-17-7-5-6-10-19(17)13-24)22(26)25-14-20(21(23)15-25)18-8-3-2-4-9-18/h2-10,16,20-21H,11-15,23H2,1H3/t16?,20-,21+/m0/s1. The molecule has 2 aromatic rings. The predicted molar refractivity (Wildman–Crippen MR) is 104 cm³/mol. The molecule has 2 N–H and O–H groups in total. The number of amides is 1. The minimum atomic E-state index is -0.106. The fourth-order valence-corrected chi connectivity index (χ4v) is 4.33. The Morgan fingerprint density at radius 2 is 1.73 bits per heavy atom. The number of likely N-dealkylation sites (tertiary alicyclic amines) is 1. The van der Waals surface area contributed by atoms with Gasteiger partial charge >= 0.3 is 0 Å². The molecule has 1 amide bonds. The molecule has 2 heterocycles. The van der Waals surface area contributed by atoms with Gasteiger partial charge in [0.2, 0.25) is 5.91 Å². The Kier molecular flexibility index (Phi) is 4.79. The highest BCUT2D eigenvalue weighted by Gasteiger charge is 2.37. The first-order chi connectivity index (χ1) is 12.6. The zero-order valence-electron chi connectivity index (χ0n) is 15.3. The maximum Gasteiger partial charge on any atom is 0.239 e. The third-order valence-corrected chi connectivity index (χ3v) is 5.97. The maximum atomic E-state index is 13.1. The van der Waals surface area contributed by atoms with Gasteiger partial charge in [0.25, 0.3) is 0 Å². The zero-order valence-corrected chi connectivity index (χ0v) is 15.3. The summed E-state index contributed by atoms with van der Waals surface area (Å²) in [5.74, 6) is 0.438. The van der Waals surface area contributed by atoms with Crippen LogP contribution in [0.5, 0.6) is 0 Å². The molecule has 4 nitrogen and oxygen atoms in total. The van der Waals surface area contributed by atoms with Gasteiger partial charge in [0.15, 0.2) is 0 Å². The molecule has 26 heavy (non-hydrogen) atoms. The molecule has 0 radical (unpaired) electrons.